The molecule has 134 valence electrons. The van der Waals surface area contributed by atoms with Gasteiger partial charge in [0.05, 0.1) is 0 Å². The van der Waals surface area contributed by atoms with Crippen LogP contribution in [-0.4, -0.2) is 21.8 Å². The average molecular weight is 332 g/mol. The Kier molecular flexibility index (Phi) is 10.6. The lowest BCUT2D eigenvalue weighted by Crippen LogP contribution is -2.16. The summed E-state index contributed by atoms with van der Waals surface area (Å²) in [4.78, 5) is 0. The van der Waals surface area contributed by atoms with Crippen LogP contribution in [0.3, 0.4) is 0 Å². The molecule has 0 amide bonds. The van der Waals surface area contributed by atoms with Crippen LogP contribution in [0.25, 0.3) is 0 Å². The predicted molar refractivity (Wildman–Crippen MR) is 101 cm³/mol. The largest absolute Gasteiger partial charge is 0.411 e. The van der Waals surface area contributed by atoms with E-state index < -0.39 is 0 Å². The number of unbranched alkanes of at least 4 members (excludes halogenated alkanes) is 7. The molecule has 0 saturated heterocycles. The second-order valence-electron chi connectivity index (χ2n) is 6.27. The summed E-state index contributed by atoms with van der Waals surface area (Å²) in [6.07, 6.45) is 11.4. The molecule has 0 unspecified atom stereocenters. The number of aryl methyl sites for hydroxylation is 1. The van der Waals surface area contributed by atoms with E-state index in [1.807, 2.05) is 24.3 Å². The maximum Gasteiger partial charge on any atom is 0.134 e. The molecule has 2 N–H and O–H groups in total. The molecule has 0 bridgehead atoms. The number of rotatable bonds is 12. The van der Waals surface area contributed by atoms with Crippen LogP contribution in [0, 0.1) is 0 Å². The van der Waals surface area contributed by atoms with Gasteiger partial charge in [0.15, 0.2) is 0 Å². The van der Waals surface area contributed by atoms with Gasteiger partial charge in [0.25, 0.3) is 0 Å². The first-order valence-electron chi connectivity index (χ1n) is 9.29. The number of hydrogen-bond donors (Lipinski definition) is 2. The number of oxime groups is 2. The minimum atomic E-state index is 0.364. The predicted octanol–water partition coefficient (Wildman–Crippen LogP) is 5.79. The summed E-state index contributed by atoms with van der Waals surface area (Å²) in [5.74, 6) is 0. The van der Waals surface area contributed by atoms with Crippen LogP contribution in [0.1, 0.15) is 82.8 Å². The highest BCUT2D eigenvalue weighted by atomic mass is 16.4. The lowest BCUT2D eigenvalue weighted by atomic mass is 9.99. The fourth-order valence-corrected chi connectivity index (χ4v) is 2.82. The Hall–Kier alpha value is -1.84. The van der Waals surface area contributed by atoms with E-state index in [-0.39, 0.29) is 0 Å². The summed E-state index contributed by atoms with van der Waals surface area (Å²) in [6, 6.07) is 7.83. The topological polar surface area (TPSA) is 65.2 Å². The Labute approximate surface area is 146 Å². The molecule has 1 rings (SSSR count). The number of benzene rings is 1. The summed E-state index contributed by atoms with van der Waals surface area (Å²) < 4.78 is 0. The molecule has 0 fully saturated rings. The zero-order valence-corrected chi connectivity index (χ0v) is 15.2. The van der Waals surface area contributed by atoms with Crippen LogP contribution < -0.4 is 0 Å². The summed E-state index contributed by atoms with van der Waals surface area (Å²) in [5.41, 5.74) is 2.82. The van der Waals surface area contributed by atoms with Gasteiger partial charge in [0.1, 0.15) is 11.4 Å². The van der Waals surface area contributed by atoms with Gasteiger partial charge in [0, 0.05) is 5.56 Å². The van der Waals surface area contributed by atoms with Gasteiger partial charge in [-0.05, 0) is 24.8 Å². The monoisotopic (exact) mass is 332 g/mol. The third-order valence-corrected chi connectivity index (χ3v) is 4.40. The van der Waals surface area contributed by atoms with Crippen LogP contribution in [0.4, 0.5) is 0 Å². The Morgan fingerprint density at radius 1 is 0.792 bits per heavy atom. The van der Waals surface area contributed by atoms with E-state index in [1.54, 1.807) is 0 Å². The second-order valence-corrected chi connectivity index (χ2v) is 6.27. The van der Waals surface area contributed by atoms with Crippen LogP contribution in [0.15, 0.2) is 34.6 Å². The Morgan fingerprint density at radius 3 is 1.88 bits per heavy atom. The van der Waals surface area contributed by atoms with E-state index >= 15 is 0 Å². The van der Waals surface area contributed by atoms with Gasteiger partial charge in [0.2, 0.25) is 0 Å². The molecule has 24 heavy (non-hydrogen) atoms. The second kappa shape index (κ2) is 12.6. The van der Waals surface area contributed by atoms with Crippen molar-refractivity contribution >= 4 is 11.4 Å². The van der Waals surface area contributed by atoms with Gasteiger partial charge in [-0.15, -0.1) is 0 Å². The van der Waals surface area contributed by atoms with Crippen molar-refractivity contribution in [1.82, 2.24) is 0 Å². The van der Waals surface area contributed by atoms with E-state index in [9.17, 15) is 10.4 Å². The zero-order chi connectivity index (χ0) is 17.6. The van der Waals surface area contributed by atoms with Crippen LogP contribution in [0.2, 0.25) is 0 Å². The van der Waals surface area contributed by atoms with E-state index in [1.165, 1.54) is 44.1 Å². The first kappa shape index (κ1) is 20.2. The van der Waals surface area contributed by atoms with Crippen molar-refractivity contribution in [2.75, 3.05) is 0 Å². The van der Waals surface area contributed by atoms with Crippen LogP contribution in [-0.2, 0) is 6.42 Å². The number of hydrogen-bond acceptors (Lipinski definition) is 4. The fourth-order valence-electron chi connectivity index (χ4n) is 2.82. The van der Waals surface area contributed by atoms with Gasteiger partial charge >= 0.3 is 0 Å². The Morgan fingerprint density at radius 2 is 1.38 bits per heavy atom. The molecular formula is C20H32N2O2. The van der Waals surface area contributed by atoms with Gasteiger partial charge < -0.3 is 10.4 Å². The lowest BCUT2D eigenvalue weighted by molar-refractivity contribution is 0.313. The highest BCUT2D eigenvalue weighted by Gasteiger charge is 2.13. The van der Waals surface area contributed by atoms with Gasteiger partial charge in [-0.2, -0.15) is 0 Å². The molecular weight excluding hydrogens is 300 g/mol. The quantitative estimate of drug-likeness (QED) is 0.220. The Balaban J connectivity index is 2.43. The summed E-state index contributed by atoms with van der Waals surface area (Å²) in [5, 5.41) is 25.3. The van der Waals surface area contributed by atoms with Crippen molar-refractivity contribution in [3.63, 3.8) is 0 Å². The molecule has 0 heterocycles. The number of nitrogens with zero attached hydrogens (tertiary/aromatic N) is 2. The Bertz CT molecular complexity index is 507. The molecule has 1 aromatic carbocycles. The lowest BCUT2D eigenvalue weighted by Gasteiger charge is -2.08. The molecule has 4 heteroatoms. The molecule has 0 aliphatic heterocycles. The molecule has 0 radical (unpaired) electrons. The van der Waals surface area contributed by atoms with E-state index in [4.69, 9.17) is 0 Å². The third kappa shape index (κ3) is 7.16. The summed E-state index contributed by atoms with van der Waals surface area (Å²) in [6.45, 7) is 4.32. The SMILES string of the molecule is CCCCCCCCCCC(=N\O)/C(=N\O)c1ccc(CC)cc1. The first-order valence-corrected chi connectivity index (χ1v) is 9.29. The fraction of sp³-hybridized carbons (Fsp3) is 0.600. The smallest absolute Gasteiger partial charge is 0.134 e. The van der Waals surface area contributed by atoms with Crippen LogP contribution >= 0.6 is 0 Å². The van der Waals surface area contributed by atoms with E-state index in [0.717, 1.165) is 24.8 Å². The molecule has 0 aromatic heterocycles. The zero-order valence-electron chi connectivity index (χ0n) is 15.2. The molecule has 0 saturated carbocycles. The van der Waals surface area contributed by atoms with E-state index in [0.29, 0.717) is 17.8 Å². The summed E-state index contributed by atoms with van der Waals surface area (Å²) in [7, 11) is 0. The standard InChI is InChI=1S/C20H32N2O2/c1-3-5-6-7-8-9-10-11-12-19(21-23)20(22-24)18-15-13-17(4-2)14-16-18/h13-16,23-24H,3-12H2,1-2H3/b21-19+,22-20-. The van der Waals surface area contributed by atoms with Crippen molar-refractivity contribution < 1.29 is 10.4 Å². The van der Waals surface area contributed by atoms with Crippen molar-refractivity contribution in [2.24, 2.45) is 10.3 Å². The molecule has 0 spiro atoms. The highest BCUT2D eigenvalue weighted by Crippen LogP contribution is 2.13. The highest BCUT2D eigenvalue weighted by molar-refractivity contribution is 6.48. The normalized spacial score (nSPS) is 12.6. The van der Waals surface area contributed by atoms with Gasteiger partial charge in [-0.1, -0.05) is 93.4 Å². The molecule has 0 aliphatic carbocycles. The average Bonchev–Trinajstić information content (AvgIpc) is 2.63. The minimum absolute atomic E-state index is 0.364. The maximum atomic E-state index is 9.33. The first-order chi connectivity index (χ1) is 11.8. The third-order valence-electron chi connectivity index (χ3n) is 4.40. The van der Waals surface area contributed by atoms with Crippen molar-refractivity contribution in [2.45, 2.75) is 78.1 Å². The van der Waals surface area contributed by atoms with E-state index in [2.05, 4.69) is 24.2 Å². The van der Waals surface area contributed by atoms with Crippen LogP contribution in [0.5, 0.6) is 0 Å². The molecule has 0 atom stereocenters. The van der Waals surface area contributed by atoms with Gasteiger partial charge in [-0.25, -0.2) is 0 Å². The molecule has 0 aliphatic rings. The van der Waals surface area contributed by atoms with Crippen molar-refractivity contribution in [1.29, 1.82) is 0 Å². The van der Waals surface area contributed by atoms with Crippen molar-refractivity contribution in [3.8, 4) is 0 Å². The molecule has 4 nitrogen and oxygen atoms in total. The van der Waals surface area contributed by atoms with Gasteiger partial charge in [-0.3, -0.25) is 0 Å². The molecule has 1 aromatic rings. The summed E-state index contributed by atoms with van der Waals surface area (Å²) >= 11 is 0. The maximum absolute atomic E-state index is 9.33. The minimum Gasteiger partial charge on any atom is -0.411 e. The van der Waals surface area contributed by atoms with Crippen molar-refractivity contribution in [3.05, 3.63) is 35.4 Å².